The Morgan fingerprint density at radius 2 is 1.65 bits per heavy atom. The van der Waals surface area contributed by atoms with Crippen LogP contribution in [0.25, 0.3) is 10.8 Å². The number of nitrogens with zero attached hydrogens (tertiary/aromatic N) is 2. The molecule has 6 nitrogen and oxygen atoms in total. The number of hydrogen-bond acceptors (Lipinski definition) is 5. The molecule has 7 heteroatoms. The molecule has 1 saturated heterocycles. The van der Waals surface area contributed by atoms with Gasteiger partial charge in [-0.2, -0.15) is 0 Å². The number of sulfonamides is 1. The summed E-state index contributed by atoms with van der Waals surface area (Å²) in [4.78, 5) is 4.66. The molecule has 0 bridgehead atoms. The van der Waals surface area contributed by atoms with Gasteiger partial charge in [0.2, 0.25) is 10.0 Å². The van der Waals surface area contributed by atoms with Crippen molar-refractivity contribution in [2.45, 2.75) is 10.9 Å². The van der Waals surface area contributed by atoms with Gasteiger partial charge in [0, 0.05) is 50.8 Å². The van der Waals surface area contributed by atoms with E-state index >= 15 is 0 Å². The Morgan fingerprint density at radius 3 is 2.35 bits per heavy atom. The molecule has 1 atom stereocenters. The highest BCUT2D eigenvalue weighted by Crippen LogP contribution is 2.26. The SMILES string of the molecule is CN(C)c1ccc(C(CNS(=O)(=O)c2cccc3ccccc23)N2CCOCC2)cc1. The Hall–Kier alpha value is -2.45. The summed E-state index contributed by atoms with van der Waals surface area (Å²) >= 11 is 0. The van der Waals surface area contributed by atoms with Crippen LogP contribution in [0.1, 0.15) is 11.6 Å². The van der Waals surface area contributed by atoms with E-state index in [0.717, 1.165) is 35.1 Å². The molecule has 0 spiro atoms. The number of anilines is 1. The molecule has 0 aliphatic carbocycles. The second-order valence-corrected chi connectivity index (χ2v) is 9.71. The van der Waals surface area contributed by atoms with Crippen LogP contribution < -0.4 is 9.62 Å². The lowest BCUT2D eigenvalue weighted by atomic mass is 10.0. The monoisotopic (exact) mass is 439 g/mol. The molecule has 1 unspecified atom stereocenters. The van der Waals surface area contributed by atoms with E-state index in [4.69, 9.17) is 4.74 Å². The fraction of sp³-hybridized carbons (Fsp3) is 0.333. The van der Waals surface area contributed by atoms with Crippen LogP contribution in [0, 0.1) is 0 Å². The van der Waals surface area contributed by atoms with E-state index in [2.05, 4.69) is 38.8 Å². The number of fused-ring (bicyclic) bond motifs is 1. The number of benzene rings is 3. The van der Waals surface area contributed by atoms with Crippen LogP contribution in [0.2, 0.25) is 0 Å². The van der Waals surface area contributed by atoms with E-state index in [1.807, 2.05) is 44.4 Å². The highest BCUT2D eigenvalue weighted by molar-refractivity contribution is 7.89. The Labute approximate surface area is 184 Å². The molecule has 1 N–H and O–H groups in total. The molecule has 0 amide bonds. The highest BCUT2D eigenvalue weighted by Gasteiger charge is 2.26. The fourth-order valence-electron chi connectivity index (χ4n) is 4.04. The Balaban J connectivity index is 1.60. The van der Waals surface area contributed by atoms with Gasteiger partial charge in [0.1, 0.15) is 0 Å². The smallest absolute Gasteiger partial charge is 0.241 e. The summed E-state index contributed by atoms with van der Waals surface area (Å²) < 4.78 is 34.9. The molecule has 164 valence electrons. The first-order valence-electron chi connectivity index (χ1n) is 10.5. The molecule has 3 aromatic rings. The molecule has 1 heterocycles. The van der Waals surface area contributed by atoms with Crippen molar-refractivity contribution in [3.05, 3.63) is 72.3 Å². The largest absolute Gasteiger partial charge is 0.379 e. The van der Waals surface area contributed by atoms with Gasteiger partial charge >= 0.3 is 0 Å². The molecule has 1 aliphatic rings. The molecular weight excluding hydrogens is 410 g/mol. The van der Waals surface area contributed by atoms with Crippen LogP contribution >= 0.6 is 0 Å². The molecule has 0 radical (unpaired) electrons. The van der Waals surface area contributed by atoms with E-state index in [9.17, 15) is 8.42 Å². The van der Waals surface area contributed by atoms with Crippen LogP contribution in [0.5, 0.6) is 0 Å². The quantitative estimate of drug-likeness (QED) is 0.612. The molecule has 0 saturated carbocycles. The van der Waals surface area contributed by atoms with Gasteiger partial charge in [-0.25, -0.2) is 13.1 Å². The van der Waals surface area contributed by atoms with Gasteiger partial charge in [-0.05, 0) is 29.1 Å². The number of ether oxygens (including phenoxy) is 1. The Kier molecular flexibility index (Phi) is 6.57. The highest BCUT2D eigenvalue weighted by atomic mass is 32.2. The van der Waals surface area contributed by atoms with Gasteiger partial charge < -0.3 is 9.64 Å². The summed E-state index contributed by atoms with van der Waals surface area (Å²) in [6.45, 7) is 3.16. The zero-order valence-electron chi connectivity index (χ0n) is 18.0. The average molecular weight is 440 g/mol. The third-order valence-electron chi connectivity index (χ3n) is 5.79. The maximum absolute atomic E-state index is 13.2. The van der Waals surface area contributed by atoms with Crippen LogP contribution in [-0.4, -0.2) is 60.3 Å². The van der Waals surface area contributed by atoms with Crippen molar-refractivity contribution in [1.82, 2.24) is 9.62 Å². The number of morpholine rings is 1. The summed E-state index contributed by atoms with van der Waals surface area (Å²) in [6, 6.07) is 21.2. The third-order valence-corrected chi connectivity index (χ3v) is 7.27. The second-order valence-electron chi connectivity index (χ2n) is 7.98. The summed E-state index contributed by atoms with van der Waals surface area (Å²) in [5.74, 6) is 0. The van der Waals surface area contributed by atoms with E-state index in [1.165, 1.54) is 0 Å². The van der Waals surface area contributed by atoms with Crippen molar-refractivity contribution in [3.8, 4) is 0 Å². The fourth-order valence-corrected chi connectivity index (χ4v) is 5.30. The van der Waals surface area contributed by atoms with Crippen LogP contribution in [0.3, 0.4) is 0 Å². The van der Waals surface area contributed by atoms with Crippen LogP contribution in [0.15, 0.2) is 71.6 Å². The van der Waals surface area contributed by atoms with Crippen molar-refractivity contribution in [2.75, 3.05) is 51.8 Å². The molecule has 4 rings (SSSR count). The van der Waals surface area contributed by atoms with Crippen LogP contribution in [-0.2, 0) is 14.8 Å². The van der Waals surface area contributed by atoms with Gasteiger partial charge in [0.05, 0.1) is 18.1 Å². The van der Waals surface area contributed by atoms with Gasteiger partial charge in [0.15, 0.2) is 0 Å². The van der Waals surface area contributed by atoms with Crippen molar-refractivity contribution >= 4 is 26.5 Å². The minimum absolute atomic E-state index is 0.0649. The number of rotatable bonds is 7. The van der Waals surface area contributed by atoms with Gasteiger partial charge in [-0.1, -0.05) is 48.5 Å². The predicted molar refractivity (Wildman–Crippen MR) is 125 cm³/mol. The predicted octanol–water partition coefficient (Wildman–Crippen LogP) is 3.26. The summed E-state index contributed by atoms with van der Waals surface area (Å²) in [7, 11) is 0.347. The Morgan fingerprint density at radius 1 is 0.968 bits per heavy atom. The first-order chi connectivity index (χ1) is 15.0. The zero-order valence-corrected chi connectivity index (χ0v) is 18.8. The lowest BCUT2D eigenvalue weighted by molar-refractivity contribution is 0.0172. The maximum Gasteiger partial charge on any atom is 0.241 e. The van der Waals surface area contributed by atoms with Gasteiger partial charge in [-0.15, -0.1) is 0 Å². The van der Waals surface area contributed by atoms with Crippen molar-refractivity contribution in [1.29, 1.82) is 0 Å². The van der Waals surface area contributed by atoms with E-state index in [-0.39, 0.29) is 6.04 Å². The number of hydrogen-bond donors (Lipinski definition) is 1. The minimum atomic E-state index is -3.67. The second kappa shape index (κ2) is 9.36. The summed E-state index contributed by atoms with van der Waals surface area (Å²) in [5, 5.41) is 1.64. The van der Waals surface area contributed by atoms with E-state index < -0.39 is 10.0 Å². The van der Waals surface area contributed by atoms with Gasteiger partial charge in [-0.3, -0.25) is 4.90 Å². The van der Waals surface area contributed by atoms with Gasteiger partial charge in [0.25, 0.3) is 0 Å². The molecule has 1 aliphatic heterocycles. The lowest BCUT2D eigenvalue weighted by Gasteiger charge is -2.35. The van der Waals surface area contributed by atoms with Crippen molar-refractivity contribution in [2.24, 2.45) is 0 Å². The van der Waals surface area contributed by atoms with E-state index in [1.54, 1.807) is 12.1 Å². The summed E-state index contributed by atoms with van der Waals surface area (Å²) in [6.07, 6.45) is 0. The Bertz CT molecular complexity index is 1120. The average Bonchev–Trinajstić information content (AvgIpc) is 2.80. The molecule has 31 heavy (non-hydrogen) atoms. The first-order valence-corrected chi connectivity index (χ1v) is 12.0. The van der Waals surface area contributed by atoms with Crippen LogP contribution in [0.4, 0.5) is 5.69 Å². The molecule has 0 aromatic heterocycles. The molecule has 3 aromatic carbocycles. The third kappa shape index (κ3) is 4.91. The normalized spacial score (nSPS) is 16.3. The molecule has 1 fully saturated rings. The standard InChI is InChI=1S/C24H29N3O3S/c1-26(2)21-12-10-20(11-13-21)23(27-14-16-30-17-15-27)18-25-31(28,29)24-9-5-7-19-6-3-4-8-22(19)24/h3-13,23,25H,14-18H2,1-2H3. The van der Waals surface area contributed by atoms with Crippen molar-refractivity contribution < 1.29 is 13.2 Å². The van der Waals surface area contributed by atoms with E-state index in [0.29, 0.717) is 24.7 Å². The zero-order chi connectivity index (χ0) is 21.8. The minimum Gasteiger partial charge on any atom is -0.379 e. The topological polar surface area (TPSA) is 61.9 Å². The summed E-state index contributed by atoms with van der Waals surface area (Å²) in [5.41, 5.74) is 2.20. The lowest BCUT2D eigenvalue weighted by Crippen LogP contribution is -2.43. The first kappa shape index (κ1) is 21.8. The molecular formula is C24H29N3O3S. The maximum atomic E-state index is 13.2. The number of nitrogens with one attached hydrogen (secondary N) is 1. The van der Waals surface area contributed by atoms with Crippen molar-refractivity contribution in [3.63, 3.8) is 0 Å².